The molecule has 0 radical (unpaired) electrons. The molecule has 0 aliphatic carbocycles. The third-order valence-electron chi connectivity index (χ3n) is 5.48. The largest absolute Gasteiger partial charge is 0.220 e. The molecule has 0 aliphatic heterocycles. The third-order valence-corrected chi connectivity index (χ3v) is 5.48. The number of pyridine rings is 1. The molecule has 4 aromatic rings. The Labute approximate surface area is 163 Å². The highest BCUT2D eigenvalue weighted by molar-refractivity contribution is 5.97. The molecule has 0 amide bonds. The van der Waals surface area contributed by atoms with Crippen molar-refractivity contribution in [1.82, 2.24) is 0 Å². The lowest BCUT2D eigenvalue weighted by Crippen LogP contribution is -2.35. The Hall–Kier alpha value is -2.67. The number of hydrogen-bond acceptors (Lipinski definition) is 0. The van der Waals surface area contributed by atoms with Crippen LogP contribution in [0.3, 0.4) is 0 Å². The van der Waals surface area contributed by atoms with Gasteiger partial charge in [-0.2, -0.15) is 4.57 Å². The van der Waals surface area contributed by atoms with Crippen LogP contribution < -0.4 is 4.57 Å². The van der Waals surface area contributed by atoms with E-state index < -0.39 is 0 Å². The summed E-state index contributed by atoms with van der Waals surface area (Å²) in [7, 11) is 2.08. The second kappa shape index (κ2) is 6.81. The summed E-state index contributed by atoms with van der Waals surface area (Å²) in [6.45, 7) is 8.72. The first-order valence-corrected chi connectivity index (χ1v) is 9.78. The second-order valence-corrected chi connectivity index (χ2v) is 8.11. The molecule has 0 saturated heterocycles. The minimum atomic E-state index is 0.606. The summed E-state index contributed by atoms with van der Waals surface area (Å²) in [5.41, 5.74) is 6.01. The quantitative estimate of drug-likeness (QED) is 0.380. The zero-order valence-electron chi connectivity index (χ0n) is 17.9. The van der Waals surface area contributed by atoms with E-state index in [-0.39, 0.29) is 0 Å². The fourth-order valence-corrected chi connectivity index (χ4v) is 4.06. The summed E-state index contributed by atoms with van der Waals surface area (Å²) in [5, 5.41) is 4.73. The van der Waals surface area contributed by atoms with Gasteiger partial charge in [-0.3, -0.25) is 0 Å². The van der Waals surface area contributed by atoms with Crippen molar-refractivity contribution in [3.8, 4) is 11.3 Å². The van der Waals surface area contributed by atoms with Crippen LogP contribution in [0.5, 0.6) is 0 Å². The molecule has 0 spiro atoms. The number of aryl methyl sites for hydroxylation is 1. The molecule has 0 fully saturated rings. The molecule has 3 aromatic carbocycles. The van der Waals surface area contributed by atoms with Gasteiger partial charge < -0.3 is 0 Å². The fraction of sp³-hybridized carbons (Fsp3) is 0.269. The first-order chi connectivity index (χ1) is 13.4. The van der Waals surface area contributed by atoms with E-state index in [0.717, 1.165) is 22.9 Å². The number of nitrogens with zero attached hydrogens (tertiary/aromatic N) is 1. The van der Waals surface area contributed by atoms with E-state index in [9.17, 15) is 0 Å². The van der Waals surface area contributed by atoms with Gasteiger partial charge >= 0.3 is 0 Å². The van der Waals surface area contributed by atoms with E-state index in [4.69, 9.17) is 1.37 Å². The van der Waals surface area contributed by atoms with Crippen molar-refractivity contribution in [2.24, 2.45) is 13.0 Å². The van der Waals surface area contributed by atoms with Crippen molar-refractivity contribution in [2.75, 3.05) is 0 Å². The van der Waals surface area contributed by atoms with Gasteiger partial charge in [-0.05, 0) is 58.7 Å². The van der Waals surface area contributed by atoms with Gasteiger partial charge in [0.1, 0.15) is 7.05 Å². The number of aromatic nitrogens is 1. The molecule has 0 bridgehead atoms. The second-order valence-electron chi connectivity index (χ2n) is 8.11. The first kappa shape index (κ1) is 16.5. The number of benzene rings is 3. The van der Waals surface area contributed by atoms with E-state index in [1.807, 2.05) is 0 Å². The van der Waals surface area contributed by atoms with Crippen LogP contribution in [0.25, 0.3) is 32.8 Å². The maximum absolute atomic E-state index is 8.73. The highest BCUT2D eigenvalue weighted by Crippen LogP contribution is 2.32. The molecular weight excluding hydrogens is 326 g/mol. The van der Waals surface area contributed by atoms with Crippen molar-refractivity contribution in [1.29, 1.82) is 0 Å². The minimum Gasteiger partial charge on any atom is -0.198 e. The summed E-state index contributed by atoms with van der Waals surface area (Å²) in [5.74, 6) is 0.606. The maximum Gasteiger partial charge on any atom is 0.220 e. The molecule has 0 saturated carbocycles. The summed E-state index contributed by atoms with van der Waals surface area (Å²) >= 11 is 0. The fourth-order valence-electron chi connectivity index (χ4n) is 4.06. The lowest BCUT2D eigenvalue weighted by molar-refractivity contribution is -0.665. The van der Waals surface area contributed by atoms with Gasteiger partial charge in [0.25, 0.3) is 0 Å². The highest BCUT2D eigenvalue weighted by Gasteiger charge is 2.20. The van der Waals surface area contributed by atoms with Gasteiger partial charge in [0.2, 0.25) is 5.69 Å². The molecule has 4 rings (SSSR count). The molecule has 0 aliphatic rings. The third kappa shape index (κ3) is 3.23. The van der Waals surface area contributed by atoms with Gasteiger partial charge in [-0.15, -0.1) is 0 Å². The van der Waals surface area contributed by atoms with Crippen LogP contribution in [0.1, 0.15) is 32.0 Å². The van der Waals surface area contributed by atoms with Crippen LogP contribution in [0, 0.1) is 19.8 Å². The van der Waals surface area contributed by atoms with Crippen LogP contribution in [0.4, 0.5) is 0 Å². The summed E-state index contributed by atoms with van der Waals surface area (Å²) in [6, 6.07) is 20.4. The lowest BCUT2D eigenvalue weighted by atomic mass is 9.94. The maximum atomic E-state index is 8.73. The van der Waals surface area contributed by atoms with Gasteiger partial charge in [0.15, 0.2) is 5.69 Å². The minimum absolute atomic E-state index is 0.606. The zero-order chi connectivity index (χ0) is 20.0. The van der Waals surface area contributed by atoms with Crippen molar-refractivity contribution in [2.45, 2.75) is 34.1 Å². The van der Waals surface area contributed by atoms with Gasteiger partial charge in [0.05, 0.1) is 12.3 Å². The monoisotopic (exact) mass is 355 g/mol. The SMILES string of the molecule is [2H]c1c(C)[n+](C)c(-c2cc3ccccc3cc2C)c2ccc(CC(C)C)cc12. The molecule has 0 unspecified atom stereocenters. The van der Waals surface area contributed by atoms with Crippen molar-refractivity contribution < 1.29 is 5.94 Å². The van der Waals surface area contributed by atoms with Crippen molar-refractivity contribution in [3.05, 3.63) is 77.5 Å². The average Bonchev–Trinajstić information content (AvgIpc) is 2.66. The topological polar surface area (TPSA) is 3.88 Å². The molecule has 1 aromatic heterocycles. The number of fused-ring (bicyclic) bond motifs is 2. The summed E-state index contributed by atoms with van der Waals surface area (Å²) in [4.78, 5) is 0. The van der Waals surface area contributed by atoms with E-state index in [2.05, 4.69) is 93.9 Å². The predicted octanol–water partition coefficient (Wildman–Crippen LogP) is 6.30. The number of rotatable bonds is 3. The Kier molecular flexibility index (Phi) is 4.16. The normalized spacial score (nSPS) is 12.1. The number of hydrogen-bond donors (Lipinski definition) is 0. The van der Waals surface area contributed by atoms with Gasteiger partial charge in [-0.1, -0.05) is 56.3 Å². The van der Waals surface area contributed by atoms with Crippen LogP contribution in [0.2, 0.25) is 0 Å². The summed E-state index contributed by atoms with van der Waals surface area (Å²) < 4.78 is 10.9. The lowest BCUT2D eigenvalue weighted by Gasteiger charge is -2.13. The van der Waals surface area contributed by atoms with Crippen molar-refractivity contribution in [3.63, 3.8) is 0 Å². The van der Waals surface area contributed by atoms with E-state index >= 15 is 0 Å². The van der Waals surface area contributed by atoms with Crippen LogP contribution in [-0.2, 0) is 13.5 Å². The van der Waals surface area contributed by atoms with E-state index in [1.54, 1.807) is 0 Å². The molecule has 1 heterocycles. The molecule has 0 N–H and O–H groups in total. The molecule has 0 atom stereocenters. The Balaban J connectivity index is 2.05. The Morgan fingerprint density at radius 1 is 0.926 bits per heavy atom. The smallest absolute Gasteiger partial charge is 0.198 e. The summed E-state index contributed by atoms with van der Waals surface area (Å²) in [6.07, 6.45) is 1.04. The first-order valence-electron chi connectivity index (χ1n) is 10.3. The van der Waals surface area contributed by atoms with E-state index in [1.165, 1.54) is 33.2 Å². The van der Waals surface area contributed by atoms with E-state index in [0.29, 0.717) is 12.0 Å². The standard InChI is InChI=1S/C26H28N/c1-17(2)12-20-10-11-24-23(15-20)14-19(4)27(5)26(24)25-16-22-9-7-6-8-21(22)13-18(25)3/h6-11,13-17H,12H2,1-5H3/q+1/i14D. The molecule has 136 valence electrons. The Morgan fingerprint density at radius 3 is 2.33 bits per heavy atom. The molecule has 27 heavy (non-hydrogen) atoms. The Morgan fingerprint density at radius 2 is 1.63 bits per heavy atom. The van der Waals surface area contributed by atoms with Gasteiger partial charge in [0, 0.05) is 13.0 Å². The van der Waals surface area contributed by atoms with Crippen LogP contribution in [0.15, 0.2) is 60.6 Å². The van der Waals surface area contributed by atoms with Crippen LogP contribution >= 0.6 is 0 Å². The average molecular weight is 356 g/mol. The highest BCUT2D eigenvalue weighted by atomic mass is 14.9. The van der Waals surface area contributed by atoms with Gasteiger partial charge in [-0.25, -0.2) is 0 Å². The molecule has 1 nitrogen and oxygen atoms in total. The zero-order valence-corrected chi connectivity index (χ0v) is 16.9. The van der Waals surface area contributed by atoms with Crippen molar-refractivity contribution >= 4 is 21.5 Å². The van der Waals surface area contributed by atoms with Crippen LogP contribution in [-0.4, -0.2) is 0 Å². The molecular formula is C26H28N+. The predicted molar refractivity (Wildman–Crippen MR) is 116 cm³/mol. The molecule has 1 heteroatoms. The Bertz CT molecular complexity index is 1200.